The minimum absolute atomic E-state index is 0.0967. The standard InChI is InChI=1S/C8H6ClN3O2/c9-6-2-7-5(3-10-4-11-7)1-8(6)12(13)14/h1-3,10H,4H2. The smallest absolute Gasteiger partial charge is 0.288 e. The summed E-state index contributed by atoms with van der Waals surface area (Å²) in [5.41, 5.74) is -0.0967. The van der Waals surface area contributed by atoms with Crippen molar-refractivity contribution in [3.8, 4) is 0 Å². The second-order valence-electron chi connectivity index (χ2n) is 2.78. The fraction of sp³-hybridized carbons (Fsp3) is 0.125. The Hall–Kier alpha value is -1.62. The van der Waals surface area contributed by atoms with Crippen LogP contribution in [0.25, 0.3) is 6.20 Å². The molecule has 0 aliphatic carbocycles. The van der Waals surface area contributed by atoms with Crippen LogP contribution in [0.3, 0.4) is 0 Å². The van der Waals surface area contributed by atoms with Crippen LogP contribution in [0.5, 0.6) is 0 Å². The third-order valence-electron chi connectivity index (χ3n) is 1.89. The number of hydrogen-bond acceptors (Lipinski definition) is 4. The van der Waals surface area contributed by atoms with E-state index < -0.39 is 4.92 Å². The summed E-state index contributed by atoms with van der Waals surface area (Å²) in [5, 5.41) is 14.9. The fourth-order valence-electron chi connectivity index (χ4n) is 1.25. The lowest BCUT2D eigenvalue weighted by Gasteiger charge is -2.02. The van der Waals surface area contributed by atoms with Crippen LogP contribution in [0.1, 0.15) is 0 Å². The molecule has 2 rings (SSSR count). The zero-order valence-electron chi connectivity index (χ0n) is 7.03. The summed E-state index contributed by atoms with van der Waals surface area (Å²) in [6, 6.07) is 2.92. The van der Waals surface area contributed by atoms with E-state index in [1.807, 2.05) is 0 Å². The fourth-order valence-corrected chi connectivity index (χ4v) is 1.47. The molecule has 0 aromatic heterocycles. The van der Waals surface area contributed by atoms with Gasteiger partial charge >= 0.3 is 0 Å². The van der Waals surface area contributed by atoms with Crippen LogP contribution < -0.4 is 15.9 Å². The maximum atomic E-state index is 10.6. The highest BCUT2D eigenvalue weighted by atomic mass is 35.5. The molecule has 5 nitrogen and oxygen atoms in total. The first-order valence-electron chi connectivity index (χ1n) is 3.90. The van der Waals surface area contributed by atoms with Gasteiger partial charge in [-0.05, 0) is 6.07 Å². The van der Waals surface area contributed by atoms with Crippen LogP contribution in [0.2, 0.25) is 5.02 Å². The molecule has 1 aliphatic heterocycles. The molecule has 1 N–H and O–H groups in total. The van der Waals surface area contributed by atoms with Crippen LogP contribution in [0.4, 0.5) is 5.69 Å². The highest BCUT2D eigenvalue weighted by Crippen LogP contribution is 2.19. The molecule has 1 heterocycles. The number of nitrogens with one attached hydrogen (secondary N) is 1. The molecule has 1 aliphatic rings. The molecule has 14 heavy (non-hydrogen) atoms. The lowest BCUT2D eigenvalue weighted by atomic mass is 10.2. The Morgan fingerprint density at radius 2 is 2.36 bits per heavy atom. The molecule has 0 bridgehead atoms. The number of fused-ring (bicyclic) bond motifs is 1. The topological polar surface area (TPSA) is 67.5 Å². The summed E-state index contributed by atoms with van der Waals surface area (Å²) in [6.07, 6.45) is 1.69. The van der Waals surface area contributed by atoms with E-state index in [1.165, 1.54) is 12.1 Å². The van der Waals surface area contributed by atoms with Gasteiger partial charge in [0.1, 0.15) is 11.7 Å². The number of nitro groups is 1. The first-order chi connectivity index (χ1) is 6.68. The molecular weight excluding hydrogens is 206 g/mol. The van der Waals surface area contributed by atoms with E-state index in [4.69, 9.17) is 11.6 Å². The quantitative estimate of drug-likeness (QED) is 0.532. The van der Waals surface area contributed by atoms with Gasteiger partial charge < -0.3 is 5.32 Å². The SMILES string of the molecule is O=[N+]([O-])c1cc2c(cc1Cl)=NCNC=2. The Morgan fingerprint density at radius 1 is 1.57 bits per heavy atom. The second-order valence-corrected chi connectivity index (χ2v) is 3.19. The summed E-state index contributed by atoms with van der Waals surface area (Å²) < 4.78 is 0. The second kappa shape index (κ2) is 3.26. The van der Waals surface area contributed by atoms with Crippen LogP contribution >= 0.6 is 11.6 Å². The Bertz CT molecular complexity index is 512. The van der Waals surface area contributed by atoms with Crippen LogP contribution in [0.15, 0.2) is 17.1 Å². The summed E-state index contributed by atoms with van der Waals surface area (Å²) in [7, 11) is 0. The predicted octanol–water partition coefficient (Wildman–Crippen LogP) is 0.166. The van der Waals surface area contributed by atoms with Crippen LogP contribution in [-0.4, -0.2) is 11.6 Å². The first-order valence-corrected chi connectivity index (χ1v) is 4.28. The van der Waals surface area contributed by atoms with Gasteiger partial charge in [0, 0.05) is 17.5 Å². The van der Waals surface area contributed by atoms with Gasteiger partial charge in [-0.25, -0.2) is 0 Å². The largest absolute Gasteiger partial charge is 0.372 e. The molecular formula is C8H6ClN3O2. The Balaban J connectivity index is 2.76. The molecule has 1 aromatic rings. The van der Waals surface area contributed by atoms with Gasteiger partial charge in [0.2, 0.25) is 0 Å². The molecule has 0 saturated heterocycles. The van der Waals surface area contributed by atoms with Gasteiger partial charge in [-0.1, -0.05) is 11.6 Å². The molecule has 0 fully saturated rings. The maximum absolute atomic E-state index is 10.6. The van der Waals surface area contributed by atoms with Crippen molar-refractivity contribution in [2.24, 2.45) is 4.99 Å². The molecule has 6 heteroatoms. The first kappa shape index (κ1) is 8.96. The molecule has 0 atom stereocenters. The monoisotopic (exact) mass is 211 g/mol. The number of nitro benzene ring substituents is 1. The summed E-state index contributed by atoms with van der Waals surface area (Å²) in [4.78, 5) is 14.2. The molecule has 0 saturated carbocycles. The van der Waals surface area contributed by atoms with Crippen molar-refractivity contribution in [3.05, 3.63) is 37.8 Å². The van der Waals surface area contributed by atoms with Gasteiger partial charge in [-0.15, -0.1) is 0 Å². The molecule has 0 amide bonds. The molecule has 72 valence electrons. The van der Waals surface area contributed by atoms with Crippen molar-refractivity contribution in [1.29, 1.82) is 0 Å². The molecule has 0 unspecified atom stereocenters. The van der Waals surface area contributed by atoms with Gasteiger partial charge in [-0.2, -0.15) is 0 Å². The highest BCUT2D eigenvalue weighted by molar-refractivity contribution is 6.32. The minimum Gasteiger partial charge on any atom is -0.372 e. The molecule has 1 aromatic carbocycles. The number of hydrogen-bond donors (Lipinski definition) is 1. The van der Waals surface area contributed by atoms with Crippen molar-refractivity contribution in [1.82, 2.24) is 5.32 Å². The third-order valence-corrected chi connectivity index (χ3v) is 2.19. The van der Waals surface area contributed by atoms with E-state index in [0.29, 0.717) is 17.2 Å². The lowest BCUT2D eigenvalue weighted by molar-refractivity contribution is -0.384. The number of benzene rings is 1. The summed E-state index contributed by atoms with van der Waals surface area (Å²) in [5.74, 6) is 0. The zero-order chi connectivity index (χ0) is 10.1. The summed E-state index contributed by atoms with van der Waals surface area (Å²) in [6.45, 7) is 0.473. The van der Waals surface area contributed by atoms with E-state index in [9.17, 15) is 10.1 Å². The van der Waals surface area contributed by atoms with Crippen molar-refractivity contribution >= 4 is 23.5 Å². The van der Waals surface area contributed by atoms with E-state index in [0.717, 1.165) is 0 Å². The molecule has 0 radical (unpaired) electrons. The van der Waals surface area contributed by atoms with Crippen molar-refractivity contribution < 1.29 is 4.92 Å². The van der Waals surface area contributed by atoms with Crippen molar-refractivity contribution in [2.75, 3.05) is 6.67 Å². The van der Waals surface area contributed by atoms with E-state index in [1.54, 1.807) is 6.20 Å². The number of halogens is 1. The Kier molecular flexibility index (Phi) is 2.09. The van der Waals surface area contributed by atoms with Crippen LogP contribution in [-0.2, 0) is 0 Å². The Morgan fingerprint density at radius 3 is 3.07 bits per heavy atom. The van der Waals surface area contributed by atoms with Gasteiger partial charge in [0.15, 0.2) is 0 Å². The van der Waals surface area contributed by atoms with E-state index >= 15 is 0 Å². The van der Waals surface area contributed by atoms with Gasteiger partial charge in [0.25, 0.3) is 5.69 Å². The van der Waals surface area contributed by atoms with Crippen molar-refractivity contribution in [3.63, 3.8) is 0 Å². The number of rotatable bonds is 1. The lowest BCUT2D eigenvalue weighted by Crippen LogP contribution is -2.33. The minimum atomic E-state index is -0.509. The van der Waals surface area contributed by atoms with Gasteiger partial charge in [0.05, 0.1) is 10.3 Å². The van der Waals surface area contributed by atoms with Gasteiger partial charge in [-0.3, -0.25) is 15.1 Å². The van der Waals surface area contributed by atoms with Crippen molar-refractivity contribution in [2.45, 2.75) is 0 Å². The average molecular weight is 212 g/mol. The van der Waals surface area contributed by atoms with Crippen LogP contribution in [0, 0.1) is 10.1 Å². The number of nitrogens with zero attached hydrogens (tertiary/aromatic N) is 2. The normalized spacial score (nSPS) is 13.2. The highest BCUT2D eigenvalue weighted by Gasteiger charge is 2.12. The average Bonchev–Trinajstić information content (AvgIpc) is 2.16. The van der Waals surface area contributed by atoms with E-state index in [2.05, 4.69) is 10.3 Å². The predicted molar refractivity (Wildman–Crippen MR) is 51.4 cm³/mol. The maximum Gasteiger partial charge on any atom is 0.288 e. The van der Waals surface area contributed by atoms with E-state index in [-0.39, 0.29) is 10.7 Å². The Labute approximate surface area is 83.9 Å². The summed E-state index contributed by atoms with van der Waals surface area (Å²) >= 11 is 5.72. The zero-order valence-corrected chi connectivity index (χ0v) is 7.78. The third kappa shape index (κ3) is 1.42. The molecule has 0 spiro atoms.